The molecule has 1 aliphatic heterocycles. The number of aliphatic hydroxyl groups is 1. The number of rotatable bonds is 8. The van der Waals surface area contributed by atoms with Crippen molar-refractivity contribution in [3.63, 3.8) is 0 Å². The molecule has 0 aromatic carbocycles. The number of hydrogen-bond donors (Lipinski definition) is 2. The summed E-state index contributed by atoms with van der Waals surface area (Å²) in [5.41, 5.74) is 0.620. The number of ether oxygens (including phenoxy) is 2. The summed E-state index contributed by atoms with van der Waals surface area (Å²) >= 11 is 1.10. The fourth-order valence-electron chi connectivity index (χ4n) is 3.12. The Kier molecular flexibility index (Phi) is 7.21. The van der Waals surface area contributed by atoms with E-state index in [1.165, 1.54) is 0 Å². The van der Waals surface area contributed by atoms with Crippen molar-refractivity contribution in [1.82, 2.24) is 0 Å². The molecule has 1 unspecified atom stereocenters. The second-order valence-electron chi connectivity index (χ2n) is 6.29. The maximum atomic E-state index is 11.8. The van der Waals surface area contributed by atoms with Crippen LogP contribution in [0.25, 0.3) is 0 Å². The van der Waals surface area contributed by atoms with Crippen molar-refractivity contribution in [2.45, 2.75) is 62.1 Å². The van der Waals surface area contributed by atoms with E-state index < -0.39 is 16.1 Å². The number of primary sulfonamides is 1. The van der Waals surface area contributed by atoms with E-state index in [1.54, 1.807) is 11.4 Å². The first kappa shape index (κ1) is 19.8. The van der Waals surface area contributed by atoms with Gasteiger partial charge in [0.1, 0.15) is 4.21 Å². The van der Waals surface area contributed by atoms with Gasteiger partial charge in [0, 0.05) is 12.3 Å². The molecule has 8 heteroatoms. The van der Waals surface area contributed by atoms with Crippen molar-refractivity contribution in [2.75, 3.05) is 13.2 Å². The average molecular weight is 378 g/mol. The van der Waals surface area contributed by atoms with Crippen molar-refractivity contribution in [3.8, 4) is 0 Å². The first-order valence-corrected chi connectivity index (χ1v) is 10.8. The lowest BCUT2D eigenvalue weighted by molar-refractivity contribution is -0.184. The summed E-state index contributed by atoms with van der Waals surface area (Å²) in [6.07, 6.45) is 1.83. The highest BCUT2D eigenvalue weighted by molar-refractivity contribution is 7.91. The van der Waals surface area contributed by atoms with E-state index in [9.17, 15) is 13.5 Å². The van der Waals surface area contributed by atoms with Gasteiger partial charge in [-0.1, -0.05) is 20.3 Å². The van der Waals surface area contributed by atoms with Crippen molar-refractivity contribution < 1.29 is 23.0 Å². The number of hydrogen-bond acceptors (Lipinski definition) is 6. The van der Waals surface area contributed by atoms with E-state index in [0.29, 0.717) is 31.6 Å². The minimum atomic E-state index is -3.79. The third kappa shape index (κ3) is 5.00. The van der Waals surface area contributed by atoms with Crippen molar-refractivity contribution >= 4 is 21.4 Å². The Balaban J connectivity index is 2.14. The topological polar surface area (TPSA) is 98.9 Å². The lowest BCUT2D eigenvalue weighted by Gasteiger charge is -2.30. The maximum Gasteiger partial charge on any atom is 0.247 e. The third-order valence-electron chi connectivity index (χ3n) is 4.54. The molecule has 2 heterocycles. The number of aliphatic hydroxyl groups excluding tert-OH is 1. The molecular weight excluding hydrogens is 350 g/mol. The number of thiophene rings is 1. The Hall–Kier alpha value is -0.510. The molecule has 0 radical (unpaired) electrons. The normalized spacial score (nSPS) is 20.7. The molecule has 2 rings (SSSR count). The fourth-order valence-corrected chi connectivity index (χ4v) is 5.03. The molecule has 0 amide bonds. The zero-order valence-electron chi connectivity index (χ0n) is 14.2. The second-order valence-corrected chi connectivity index (χ2v) is 8.96. The summed E-state index contributed by atoms with van der Waals surface area (Å²) in [5, 5.41) is 17.8. The lowest BCUT2D eigenvalue weighted by atomic mass is 9.81. The molecule has 3 N–H and O–H groups in total. The van der Waals surface area contributed by atoms with Gasteiger partial charge in [-0.3, -0.25) is 0 Å². The van der Waals surface area contributed by atoms with Crippen LogP contribution in [0, 0.1) is 5.92 Å². The summed E-state index contributed by atoms with van der Waals surface area (Å²) in [5.74, 6) is -0.151. The SMILES string of the molecule is CC[C@H](C)[C@@H](c1ccsc1S(N)(=O)=O)C(O)CCC1OCCCO1. The van der Waals surface area contributed by atoms with Gasteiger partial charge in [0.05, 0.1) is 19.3 Å². The van der Waals surface area contributed by atoms with Crippen molar-refractivity contribution in [2.24, 2.45) is 11.1 Å². The molecule has 3 atom stereocenters. The summed E-state index contributed by atoms with van der Waals surface area (Å²) < 4.78 is 34.8. The molecular formula is C16H27NO5S2. The Morgan fingerprint density at radius 1 is 1.42 bits per heavy atom. The molecule has 0 saturated carbocycles. The van der Waals surface area contributed by atoms with Crippen LogP contribution in [-0.4, -0.2) is 39.1 Å². The molecule has 1 aliphatic rings. The van der Waals surface area contributed by atoms with Crippen LogP contribution in [0.1, 0.15) is 51.0 Å². The van der Waals surface area contributed by atoms with Gasteiger partial charge < -0.3 is 14.6 Å². The van der Waals surface area contributed by atoms with Crippen LogP contribution in [0.3, 0.4) is 0 Å². The first-order valence-electron chi connectivity index (χ1n) is 8.36. The molecule has 24 heavy (non-hydrogen) atoms. The van der Waals surface area contributed by atoms with Crippen molar-refractivity contribution in [3.05, 3.63) is 17.0 Å². The predicted molar refractivity (Wildman–Crippen MR) is 93.4 cm³/mol. The molecule has 0 spiro atoms. The molecule has 138 valence electrons. The summed E-state index contributed by atoms with van der Waals surface area (Å²) in [4.78, 5) is 0. The van der Waals surface area contributed by atoms with Gasteiger partial charge in [-0.15, -0.1) is 11.3 Å². The van der Waals surface area contributed by atoms with Gasteiger partial charge in [-0.25, -0.2) is 13.6 Å². The standard InChI is InChI=1S/C16H27NO5S2/c1-3-11(2)15(12-7-10-23-16(12)24(17,19)20)13(18)5-6-14-21-8-4-9-22-14/h7,10-11,13-15,18H,3-6,8-9H2,1-2H3,(H2,17,19,20)/t11-,13?,15-/m0/s1. The molecule has 1 aromatic rings. The van der Waals surface area contributed by atoms with Gasteiger partial charge in [0.25, 0.3) is 0 Å². The van der Waals surface area contributed by atoms with E-state index in [-0.39, 0.29) is 22.3 Å². The van der Waals surface area contributed by atoms with Crippen LogP contribution in [0.4, 0.5) is 0 Å². The smallest absolute Gasteiger partial charge is 0.247 e. The van der Waals surface area contributed by atoms with Gasteiger partial charge in [-0.05, 0) is 35.8 Å². The zero-order chi connectivity index (χ0) is 17.7. The third-order valence-corrected chi connectivity index (χ3v) is 7.00. The maximum absolute atomic E-state index is 11.8. The van der Waals surface area contributed by atoms with Crippen LogP contribution in [0.2, 0.25) is 0 Å². The Bertz CT molecular complexity index is 610. The Morgan fingerprint density at radius 2 is 2.08 bits per heavy atom. The molecule has 1 fully saturated rings. The van der Waals surface area contributed by atoms with Gasteiger partial charge in [-0.2, -0.15) is 0 Å². The molecule has 1 aromatic heterocycles. The van der Waals surface area contributed by atoms with E-state index >= 15 is 0 Å². The highest BCUT2D eigenvalue weighted by Crippen LogP contribution is 2.38. The molecule has 1 saturated heterocycles. The van der Waals surface area contributed by atoms with Crippen LogP contribution < -0.4 is 5.14 Å². The fraction of sp³-hybridized carbons (Fsp3) is 0.750. The predicted octanol–water partition coefficient (Wildman–Crippen LogP) is 2.43. The van der Waals surface area contributed by atoms with E-state index in [1.807, 2.05) is 13.8 Å². The zero-order valence-corrected chi connectivity index (χ0v) is 15.8. The van der Waals surface area contributed by atoms with Crippen LogP contribution >= 0.6 is 11.3 Å². The molecule has 0 bridgehead atoms. The second kappa shape index (κ2) is 8.73. The molecule has 0 aliphatic carbocycles. The minimum Gasteiger partial charge on any atom is -0.392 e. The minimum absolute atomic E-state index is 0.128. The summed E-state index contributed by atoms with van der Waals surface area (Å²) in [6.45, 7) is 5.40. The van der Waals surface area contributed by atoms with Crippen LogP contribution in [0.5, 0.6) is 0 Å². The van der Waals surface area contributed by atoms with Crippen LogP contribution in [0.15, 0.2) is 15.7 Å². The van der Waals surface area contributed by atoms with Crippen LogP contribution in [-0.2, 0) is 19.5 Å². The number of sulfonamides is 1. The van der Waals surface area contributed by atoms with Crippen molar-refractivity contribution in [1.29, 1.82) is 0 Å². The molecule has 6 nitrogen and oxygen atoms in total. The average Bonchev–Trinajstić information content (AvgIpc) is 3.03. The quantitative estimate of drug-likeness (QED) is 0.725. The highest BCUT2D eigenvalue weighted by atomic mass is 32.2. The van der Waals surface area contributed by atoms with E-state index in [2.05, 4.69) is 0 Å². The van der Waals surface area contributed by atoms with Gasteiger partial charge in [0.2, 0.25) is 10.0 Å². The van der Waals surface area contributed by atoms with E-state index in [0.717, 1.165) is 24.2 Å². The lowest BCUT2D eigenvalue weighted by Crippen LogP contribution is -2.30. The first-order chi connectivity index (χ1) is 11.3. The largest absolute Gasteiger partial charge is 0.392 e. The summed E-state index contributed by atoms with van der Waals surface area (Å²) in [7, 11) is -3.79. The Labute approximate surface area is 148 Å². The van der Waals surface area contributed by atoms with Gasteiger partial charge >= 0.3 is 0 Å². The highest BCUT2D eigenvalue weighted by Gasteiger charge is 2.32. The van der Waals surface area contributed by atoms with E-state index in [4.69, 9.17) is 14.6 Å². The van der Waals surface area contributed by atoms with Gasteiger partial charge in [0.15, 0.2) is 6.29 Å². The Morgan fingerprint density at radius 3 is 2.67 bits per heavy atom. The monoisotopic (exact) mass is 377 g/mol. The number of nitrogens with two attached hydrogens (primary N) is 1. The summed E-state index contributed by atoms with van der Waals surface area (Å²) in [6, 6.07) is 1.76.